The minimum atomic E-state index is -1.07. The molecule has 0 aliphatic heterocycles. The quantitative estimate of drug-likeness (QED) is 0.854. The molecule has 5 nitrogen and oxygen atoms in total. The maximum absolute atomic E-state index is 11.3. The summed E-state index contributed by atoms with van der Waals surface area (Å²) in [5, 5.41) is 9.26. The van der Waals surface area contributed by atoms with E-state index in [9.17, 15) is 9.90 Å². The molecule has 0 amide bonds. The van der Waals surface area contributed by atoms with Gasteiger partial charge in [-0.1, -0.05) is 0 Å². The van der Waals surface area contributed by atoms with Crippen LogP contribution >= 0.6 is 0 Å². The summed E-state index contributed by atoms with van der Waals surface area (Å²) in [6, 6.07) is 2.90. The topological polar surface area (TPSA) is 81.8 Å². The minimum absolute atomic E-state index is 0.541. The van der Waals surface area contributed by atoms with E-state index in [0.717, 1.165) is 11.1 Å². The maximum atomic E-state index is 11.3. The van der Waals surface area contributed by atoms with Crippen LogP contribution < -0.4 is 15.2 Å². The summed E-state index contributed by atoms with van der Waals surface area (Å²) < 4.78 is 10.4. The summed E-state index contributed by atoms with van der Waals surface area (Å²) in [6.07, 6.45) is 0. The van der Waals surface area contributed by atoms with Gasteiger partial charge in [-0.2, -0.15) is 0 Å². The van der Waals surface area contributed by atoms with Crippen LogP contribution in [0.25, 0.3) is 0 Å². The number of nitrogens with two attached hydrogens (primary N) is 1. The average Bonchev–Trinajstić information content (AvgIpc) is 2.37. The summed E-state index contributed by atoms with van der Waals surface area (Å²) in [6.45, 7) is 5.08. The Morgan fingerprint density at radius 1 is 1.26 bits per heavy atom. The molecule has 0 saturated carbocycles. The first-order chi connectivity index (χ1) is 8.75. The Kier molecular flexibility index (Phi) is 4.42. The molecule has 0 aliphatic rings. The normalized spacial score (nSPS) is 12.9. The highest BCUT2D eigenvalue weighted by Gasteiger charge is 2.36. The number of aryl methyl sites for hydroxylation is 1. The lowest BCUT2D eigenvalue weighted by atomic mass is 9.79. The molecule has 0 radical (unpaired) electrons. The monoisotopic (exact) mass is 267 g/mol. The van der Waals surface area contributed by atoms with Crippen molar-refractivity contribution in [2.75, 3.05) is 14.2 Å². The highest BCUT2D eigenvalue weighted by molar-refractivity contribution is 5.75. The Morgan fingerprint density at radius 3 is 2.16 bits per heavy atom. The van der Waals surface area contributed by atoms with Crippen molar-refractivity contribution in [3.63, 3.8) is 0 Å². The van der Waals surface area contributed by atoms with Crippen molar-refractivity contribution in [3.05, 3.63) is 23.3 Å². The van der Waals surface area contributed by atoms with Crippen molar-refractivity contribution in [2.45, 2.75) is 26.8 Å². The number of hydrogen-bond acceptors (Lipinski definition) is 4. The lowest BCUT2D eigenvalue weighted by Gasteiger charge is -2.29. The molecule has 19 heavy (non-hydrogen) atoms. The Balaban J connectivity index is 3.31. The van der Waals surface area contributed by atoms with Crippen molar-refractivity contribution < 1.29 is 19.4 Å². The van der Waals surface area contributed by atoms with Gasteiger partial charge in [0.25, 0.3) is 0 Å². The number of carbonyl (C=O) groups is 1. The van der Waals surface area contributed by atoms with Gasteiger partial charge in [-0.3, -0.25) is 4.79 Å². The van der Waals surface area contributed by atoms with Crippen LogP contribution in [0.1, 0.15) is 31.0 Å². The lowest BCUT2D eigenvalue weighted by Crippen LogP contribution is -2.36. The van der Waals surface area contributed by atoms with Crippen LogP contribution in [0, 0.1) is 12.3 Å². The molecule has 0 bridgehead atoms. The van der Waals surface area contributed by atoms with Gasteiger partial charge < -0.3 is 20.3 Å². The average molecular weight is 267 g/mol. The van der Waals surface area contributed by atoms with E-state index in [-0.39, 0.29) is 0 Å². The standard InChI is InChI=1S/C14H21NO4/c1-8-6-10(18-4)11(19-5)7-9(8)12(15)14(2,3)13(16)17/h6-7,12H,15H2,1-5H3,(H,16,17). The maximum Gasteiger partial charge on any atom is 0.311 e. The van der Waals surface area contributed by atoms with Gasteiger partial charge in [0.2, 0.25) is 0 Å². The molecular formula is C14H21NO4. The molecule has 5 heteroatoms. The molecule has 1 aromatic carbocycles. The van der Waals surface area contributed by atoms with Crippen molar-refractivity contribution >= 4 is 5.97 Å². The summed E-state index contributed by atoms with van der Waals surface area (Å²) in [4.78, 5) is 11.3. The van der Waals surface area contributed by atoms with Crippen LogP contribution in [0.4, 0.5) is 0 Å². The molecule has 0 aliphatic carbocycles. The van der Waals surface area contributed by atoms with Gasteiger partial charge in [0.1, 0.15) is 0 Å². The van der Waals surface area contributed by atoms with E-state index in [0.29, 0.717) is 11.5 Å². The summed E-state index contributed by atoms with van der Waals surface area (Å²) in [7, 11) is 3.09. The second kappa shape index (κ2) is 5.48. The van der Waals surface area contributed by atoms with Crippen LogP contribution in [0.2, 0.25) is 0 Å². The molecule has 0 aromatic heterocycles. The fourth-order valence-electron chi connectivity index (χ4n) is 1.85. The van der Waals surface area contributed by atoms with Crippen LogP contribution in [-0.4, -0.2) is 25.3 Å². The van der Waals surface area contributed by atoms with Gasteiger partial charge in [0.05, 0.1) is 19.6 Å². The Labute approximate surface area is 113 Å². The van der Waals surface area contributed by atoms with Crippen LogP contribution in [-0.2, 0) is 4.79 Å². The number of benzene rings is 1. The number of ether oxygens (including phenoxy) is 2. The first kappa shape index (κ1) is 15.3. The fraction of sp³-hybridized carbons (Fsp3) is 0.500. The Hall–Kier alpha value is -1.75. The van der Waals surface area contributed by atoms with Gasteiger partial charge in [0.15, 0.2) is 11.5 Å². The Bertz CT molecular complexity index is 483. The molecule has 106 valence electrons. The van der Waals surface area contributed by atoms with Crippen LogP contribution in [0.5, 0.6) is 11.5 Å². The number of rotatable bonds is 5. The highest BCUT2D eigenvalue weighted by atomic mass is 16.5. The van der Waals surface area contributed by atoms with Gasteiger partial charge in [0, 0.05) is 6.04 Å². The van der Waals surface area contributed by atoms with Gasteiger partial charge in [-0.25, -0.2) is 0 Å². The van der Waals surface area contributed by atoms with Crippen LogP contribution in [0.3, 0.4) is 0 Å². The van der Waals surface area contributed by atoms with Crippen molar-refractivity contribution in [2.24, 2.45) is 11.1 Å². The zero-order valence-electron chi connectivity index (χ0n) is 12.0. The SMILES string of the molecule is COc1cc(C)c(C(N)C(C)(C)C(=O)O)cc1OC. The largest absolute Gasteiger partial charge is 0.493 e. The lowest BCUT2D eigenvalue weighted by molar-refractivity contribution is -0.148. The third-order valence-corrected chi connectivity index (χ3v) is 3.44. The summed E-state index contributed by atoms with van der Waals surface area (Å²) in [5.74, 6) is 0.206. The number of carboxylic acids is 1. The third kappa shape index (κ3) is 2.81. The molecule has 0 heterocycles. The summed E-state index contributed by atoms with van der Waals surface area (Å²) in [5.41, 5.74) is 6.66. The minimum Gasteiger partial charge on any atom is -0.493 e. The Morgan fingerprint density at radius 2 is 1.74 bits per heavy atom. The van der Waals surface area contributed by atoms with E-state index in [2.05, 4.69) is 0 Å². The molecule has 1 unspecified atom stereocenters. The molecule has 0 spiro atoms. The van der Waals surface area contributed by atoms with E-state index in [4.69, 9.17) is 15.2 Å². The fourth-order valence-corrected chi connectivity index (χ4v) is 1.85. The summed E-state index contributed by atoms with van der Waals surface area (Å²) >= 11 is 0. The van der Waals surface area contributed by atoms with Crippen molar-refractivity contribution in [1.29, 1.82) is 0 Å². The van der Waals surface area contributed by atoms with E-state index in [1.807, 2.05) is 6.92 Å². The van der Waals surface area contributed by atoms with E-state index < -0.39 is 17.4 Å². The molecule has 1 aromatic rings. The van der Waals surface area contributed by atoms with E-state index in [1.54, 1.807) is 33.1 Å². The zero-order valence-corrected chi connectivity index (χ0v) is 12.0. The number of aliphatic carboxylic acids is 1. The molecule has 3 N–H and O–H groups in total. The van der Waals surface area contributed by atoms with Gasteiger partial charge in [-0.15, -0.1) is 0 Å². The smallest absolute Gasteiger partial charge is 0.311 e. The third-order valence-electron chi connectivity index (χ3n) is 3.44. The first-order valence-electron chi connectivity index (χ1n) is 5.97. The molecular weight excluding hydrogens is 246 g/mol. The second-order valence-corrected chi connectivity index (χ2v) is 5.07. The predicted octanol–water partition coefficient (Wildman–Crippen LogP) is 2.12. The number of carboxylic acid groups (broad SMARTS) is 1. The molecule has 0 saturated heterocycles. The highest BCUT2D eigenvalue weighted by Crippen LogP contribution is 2.38. The molecule has 1 rings (SSSR count). The van der Waals surface area contributed by atoms with E-state index >= 15 is 0 Å². The molecule has 0 fully saturated rings. The first-order valence-corrected chi connectivity index (χ1v) is 5.97. The second-order valence-electron chi connectivity index (χ2n) is 5.07. The van der Waals surface area contributed by atoms with Gasteiger partial charge in [-0.05, 0) is 44.0 Å². The predicted molar refractivity (Wildman–Crippen MR) is 72.6 cm³/mol. The van der Waals surface area contributed by atoms with Crippen molar-refractivity contribution in [3.8, 4) is 11.5 Å². The van der Waals surface area contributed by atoms with Crippen molar-refractivity contribution in [1.82, 2.24) is 0 Å². The number of hydrogen-bond donors (Lipinski definition) is 2. The molecule has 1 atom stereocenters. The zero-order chi connectivity index (χ0) is 14.8. The van der Waals surface area contributed by atoms with Crippen LogP contribution in [0.15, 0.2) is 12.1 Å². The van der Waals surface area contributed by atoms with Gasteiger partial charge >= 0.3 is 5.97 Å². The van der Waals surface area contributed by atoms with E-state index in [1.165, 1.54) is 7.11 Å². The number of methoxy groups -OCH3 is 2.